The minimum atomic E-state index is -2.56. The second-order valence-electron chi connectivity index (χ2n) is 2.78. The minimum absolute atomic E-state index is 0.0825. The van der Waals surface area contributed by atoms with E-state index in [1.807, 2.05) is 6.92 Å². The third-order valence-corrected chi connectivity index (χ3v) is 1.67. The maximum Gasteiger partial charge on any atom is 0.273 e. The quantitative estimate of drug-likeness (QED) is 0.586. The Hall–Kier alpha value is -0.180. The first-order valence-electron chi connectivity index (χ1n) is 3.63. The van der Waals surface area contributed by atoms with Gasteiger partial charge in [-0.25, -0.2) is 8.78 Å². The van der Waals surface area contributed by atoms with Crippen LogP contribution in [0.3, 0.4) is 0 Å². The first-order chi connectivity index (χ1) is 4.64. The summed E-state index contributed by atoms with van der Waals surface area (Å²) in [4.78, 5) is 0. The van der Waals surface area contributed by atoms with Gasteiger partial charge in [0.1, 0.15) is 6.61 Å². The average molecular weight is 150 g/mol. The van der Waals surface area contributed by atoms with Crippen molar-refractivity contribution >= 4 is 0 Å². The topological polar surface area (TPSA) is 9.23 Å². The van der Waals surface area contributed by atoms with Crippen molar-refractivity contribution in [1.82, 2.24) is 0 Å². The van der Waals surface area contributed by atoms with Gasteiger partial charge in [0.2, 0.25) is 0 Å². The monoisotopic (exact) mass is 150 g/mol. The summed E-state index contributed by atoms with van der Waals surface area (Å²) in [6.45, 7) is 1.59. The van der Waals surface area contributed by atoms with E-state index in [1.54, 1.807) is 0 Å². The van der Waals surface area contributed by atoms with Gasteiger partial charge in [-0.1, -0.05) is 13.3 Å². The number of ether oxygens (including phenoxy) is 1. The van der Waals surface area contributed by atoms with Gasteiger partial charge in [0, 0.05) is 6.42 Å². The van der Waals surface area contributed by atoms with E-state index in [0.29, 0.717) is 0 Å². The summed E-state index contributed by atoms with van der Waals surface area (Å²) in [6, 6.07) is 0. The SMILES string of the molecule is CCCC1CC(F)(F)CO1. The number of halogens is 2. The van der Waals surface area contributed by atoms with Gasteiger partial charge in [-0.2, -0.15) is 0 Å². The fourth-order valence-corrected chi connectivity index (χ4v) is 1.20. The van der Waals surface area contributed by atoms with Crippen LogP contribution in [-0.4, -0.2) is 18.6 Å². The highest BCUT2D eigenvalue weighted by atomic mass is 19.3. The molecular formula is C7H12F2O. The molecule has 1 atom stereocenters. The molecule has 1 unspecified atom stereocenters. The zero-order valence-corrected chi connectivity index (χ0v) is 6.07. The molecule has 1 aliphatic heterocycles. The van der Waals surface area contributed by atoms with Gasteiger partial charge < -0.3 is 4.74 Å². The molecule has 1 heterocycles. The molecule has 1 nitrogen and oxygen atoms in total. The third-order valence-electron chi connectivity index (χ3n) is 1.67. The zero-order chi connectivity index (χ0) is 7.61. The van der Waals surface area contributed by atoms with Gasteiger partial charge in [-0.3, -0.25) is 0 Å². The molecular weight excluding hydrogens is 138 g/mol. The van der Waals surface area contributed by atoms with E-state index in [0.717, 1.165) is 12.8 Å². The lowest BCUT2D eigenvalue weighted by molar-refractivity contribution is -0.0103. The lowest BCUT2D eigenvalue weighted by Gasteiger charge is -2.05. The maximum atomic E-state index is 12.4. The highest BCUT2D eigenvalue weighted by molar-refractivity contribution is 4.78. The van der Waals surface area contributed by atoms with Gasteiger partial charge in [0.15, 0.2) is 0 Å². The normalized spacial score (nSPS) is 30.9. The zero-order valence-electron chi connectivity index (χ0n) is 6.07. The lowest BCUT2D eigenvalue weighted by Crippen LogP contribution is -2.14. The van der Waals surface area contributed by atoms with Gasteiger partial charge >= 0.3 is 0 Å². The predicted octanol–water partition coefficient (Wildman–Crippen LogP) is 2.21. The maximum absolute atomic E-state index is 12.4. The number of rotatable bonds is 2. The molecule has 1 saturated heterocycles. The van der Waals surface area contributed by atoms with Crippen molar-refractivity contribution in [3.8, 4) is 0 Å². The fourth-order valence-electron chi connectivity index (χ4n) is 1.20. The standard InChI is InChI=1S/C7H12F2O/c1-2-3-6-4-7(8,9)5-10-6/h6H,2-5H2,1H3. The van der Waals surface area contributed by atoms with E-state index in [1.165, 1.54) is 0 Å². The Bertz CT molecular complexity index is 114. The fraction of sp³-hybridized carbons (Fsp3) is 1.00. The molecule has 10 heavy (non-hydrogen) atoms. The van der Waals surface area contributed by atoms with Gasteiger partial charge in [0.05, 0.1) is 6.10 Å². The highest BCUT2D eigenvalue weighted by Crippen LogP contribution is 2.31. The molecule has 0 aliphatic carbocycles. The van der Waals surface area contributed by atoms with Crippen molar-refractivity contribution in [2.45, 2.75) is 38.2 Å². The summed E-state index contributed by atoms with van der Waals surface area (Å²) in [7, 11) is 0. The second-order valence-corrected chi connectivity index (χ2v) is 2.78. The minimum Gasteiger partial charge on any atom is -0.372 e. The lowest BCUT2D eigenvalue weighted by atomic mass is 10.1. The average Bonchev–Trinajstić information content (AvgIpc) is 2.12. The molecule has 0 aromatic carbocycles. The summed E-state index contributed by atoms with van der Waals surface area (Å²) in [6.07, 6.45) is 1.40. The van der Waals surface area contributed by atoms with Crippen LogP contribution in [0.1, 0.15) is 26.2 Å². The van der Waals surface area contributed by atoms with Crippen LogP contribution in [0.2, 0.25) is 0 Å². The molecule has 0 aromatic rings. The van der Waals surface area contributed by atoms with Gasteiger partial charge in [-0.05, 0) is 6.42 Å². The molecule has 0 bridgehead atoms. The molecule has 1 aliphatic rings. The molecule has 60 valence electrons. The van der Waals surface area contributed by atoms with Crippen LogP contribution in [0.5, 0.6) is 0 Å². The highest BCUT2D eigenvalue weighted by Gasteiger charge is 2.39. The Morgan fingerprint density at radius 3 is 2.70 bits per heavy atom. The van der Waals surface area contributed by atoms with Crippen molar-refractivity contribution in [2.24, 2.45) is 0 Å². The Labute approximate surface area is 59.4 Å². The van der Waals surface area contributed by atoms with Crippen molar-refractivity contribution < 1.29 is 13.5 Å². The molecule has 3 heteroatoms. The van der Waals surface area contributed by atoms with Crippen LogP contribution in [0.15, 0.2) is 0 Å². The Morgan fingerprint density at radius 1 is 1.60 bits per heavy atom. The van der Waals surface area contributed by atoms with Crippen LogP contribution >= 0.6 is 0 Å². The Morgan fingerprint density at radius 2 is 2.30 bits per heavy atom. The summed E-state index contributed by atoms with van der Waals surface area (Å²) < 4.78 is 29.6. The summed E-state index contributed by atoms with van der Waals surface area (Å²) in [5.74, 6) is -2.56. The molecule has 0 N–H and O–H groups in total. The van der Waals surface area contributed by atoms with Gasteiger partial charge in [-0.15, -0.1) is 0 Å². The van der Waals surface area contributed by atoms with E-state index < -0.39 is 5.92 Å². The molecule has 0 radical (unpaired) electrons. The first kappa shape index (κ1) is 7.92. The number of hydrogen-bond donors (Lipinski definition) is 0. The van der Waals surface area contributed by atoms with Gasteiger partial charge in [0.25, 0.3) is 5.92 Å². The van der Waals surface area contributed by atoms with Crippen molar-refractivity contribution in [3.63, 3.8) is 0 Å². The van der Waals surface area contributed by atoms with Crippen LogP contribution in [0.25, 0.3) is 0 Å². The molecule has 1 rings (SSSR count). The number of alkyl halides is 2. The van der Waals surface area contributed by atoms with Crippen LogP contribution in [0, 0.1) is 0 Å². The van der Waals surface area contributed by atoms with E-state index in [2.05, 4.69) is 0 Å². The molecule has 0 saturated carbocycles. The first-order valence-corrected chi connectivity index (χ1v) is 3.63. The van der Waals surface area contributed by atoms with E-state index in [4.69, 9.17) is 4.74 Å². The second kappa shape index (κ2) is 2.82. The largest absolute Gasteiger partial charge is 0.372 e. The predicted molar refractivity (Wildman–Crippen MR) is 34.2 cm³/mol. The summed E-state index contributed by atoms with van der Waals surface area (Å²) in [5, 5.41) is 0. The molecule has 0 aromatic heterocycles. The Kier molecular flexibility index (Phi) is 2.24. The third kappa shape index (κ3) is 1.90. The van der Waals surface area contributed by atoms with Crippen molar-refractivity contribution in [3.05, 3.63) is 0 Å². The van der Waals surface area contributed by atoms with Crippen molar-refractivity contribution in [1.29, 1.82) is 0 Å². The summed E-state index contributed by atoms with van der Waals surface area (Å²) in [5.41, 5.74) is 0. The molecule has 0 spiro atoms. The number of hydrogen-bond acceptors (Lipinski definition) is 1. The molecule has 1 fully saturated rings. The smallest absolute Gasteiger partial charge is 0.273 e. The van der Waals surface area contributed by atoms with E-state index in [9.17, 15) is 8.78 Å². The van der Waals surface area contributed by atoms with E-state index >= 15 is 0 Å². The molecule has 0 amide bonds. The van der Waals surface area contributed by atoms with Crippen molar-refractivity contribution in [2.75, 3.05) is 6.61 Å². The van der Waals surface area contributed by atoms with E-state index in [-0.39, 0.29) is 19.1 Å². The summed E-state index contributed by atoms with van der Waals surface area (Å²) >= 11 is 0. The van der Waals surface area contributed by atoms with Crippen LogP contribution < -0.4 is 0 Å². The Balaban J connectivity index is 2.29. The van der Waals surface area contributed by atoms with Crippen LogP contribution in [-0.2, 0) is 4.74 Å². The van der Waals surface area contributed by atoms with Crippen LogP contribution in [0.4, 0.5) is 8.78 Å².